The largest absolute Gasteiger partial charge is 0.297 e. The monoisotopic (exact) mass is 494 g/mol. The number of aromatic nitrogens is 4. The number of likely N-dealkylation sites (tertiary alicyclic amines) is 1. The Morgan fingerprint density at radius 1 is 1.24 bits per heavy atom. The van der Waals surface area contributed by atoms with Gasteiger partial charge in [0.05, 0.1) is 17.9 Å². The minimum absolute atomic E-state index is 0.237. The molecule has 0 amide bonds. The molecule has 0 unspecified atom stereocenters. The molecule has 1 saturated heterocycles. The van der Waals surface area contributed by atoms with Gasteiger partial charge < -0.3 is 0 Å². The molecule has 1 aromatic carbocycles. The van der Waals surface area contributed by atoms with Crippen molar-refractivity contribution >= 4 is 39.9 Å². The van der Waals surface area contributed by atoms with E-state index < -0.39 is 0 Å². The third kappa shape index (κ3) is 4.11. The molecule has 2 aromatic heterocycles. The Kier molecular flexibility index (Phi) is 6.37. The quantitative estimate of drug-likeness (QED) is 0.426. The normalized spacial score (nSPS) is 24.2. The lowest BCUT2D eigenvalue weighted by atomic mass is 9.83. The Morgan fingerprint density at radius 3 is 2.74 bits per heavy atom. The van der Waals surface area contributed by atoms with Crippen LogP contribution < -0.4 is 0 Å². The SMILES string of the molecule is C[C@@H]1CC(c2cnc3c(C#N)nn([C@H](C)c4ccc(Cl)cc4Cl)c3n2)=CC[C@@H]1N1CCC[C@H]1C. The lowest BCUT2D eigenvalue weighted by Gasteiger charge is -2.38. The Hall–Kier alpha value is -2.46. The molecule has 34 heavy (non-hydrogen) atoms. The molecule has 8 heteroatoms. The van der Waals surface area contributed by atoms with Crippen LogP contribution in [0.4, 0.5) is 0 Å². The van der Waals surface area contributed by atoms with Gasteiger partial charge in [0.2, 0.25) is 0 Å². The molecule has 5 rings (SSSR count). The van der Waals surface area contributed by atoms with E-state index in [9.17, 15) is 5.26 Å². The fourth-order valence-corrected chi connectivity index (χ4v) is 6.13. The number of fused-ring (bicyclic) bond motifs is 1. The van der Waals surface area contributed by atoms with E-state index >= 15 is 0 Å². The van der Waals surface area contributed by atoms with Crippen LogP contribution >= 0.6 is 23.2 Å². The predicted octanol–water partition coefficient (Wildman–Crippen LogP) is 6.28. The minimum atomic E-state index is -0.237. The summed E-state index contributed by atoms with van der Waals surface area (Å²) in [6.45, 7) is 7.88. The van der Waals surface area contributed by atoms with Crippen molar-refractivity contribution in [2.24, 2.45) is 5.92 Å². The lowest BCUT2D eigenvalue weighted by Crippen LogP contribution is -2.42. The zero-order valence-electron chi connectivity index (χ0n) is 19.7. The van der Waals surface area contributed by atoms with E-state index in [1.54, 1.807) is 23.0 Å². The summed E-state index contributed by atoms with van der Waals surface area (Å²) in [6.07, 6.45) is 8.70. The summed E-state index contributed by atoms with van der Waals surface area (Å²) in [5, 5.41) is 15.3. The topological polar surface area (TPSA) is 70.6 Å². The fraction of sp³-hybridized carbons (Fsp3) is 0.462. The summed E-state index contributed by atoms with van der Waals surface area (Å²) >= 11 is 12.6. The second-order valence-corrected chi connectivity index (χ2v) is 10.5. The summed E-state index contributed by atoms with van der Waals surface area (Å²) < 4.78 is 1.75. The maximum atomic E-state index is 9.65. The van der Waals surface area contributed by atoms with Crippen molar-refractivity contribution in [3.8, 4) is 6.07 Å². The summed E-state index contributed by atoms with van der Waals surface area (Å²) in [6, 6.07) is 8.58. The molecule has 176 valence electrons. The number of rotatable bonds is 4. The van der Waals surface area contributed by atoms with Crippen LogP contribution in [-0.4, -0.2) is 43.3 Å². The molecular formula is C26H28Cl2N6. The van der Waals surface area contributed by atoms with Gasteiger partial charge >= 0.3 is 0 Å². The Labute approximate surface area is 210 Å². The molecule has 3 heterocycles. The summed E-state index contributed by atoms with van der Waals surface area (Å²) in [4.78, 5) is 12.3. The summed E-state index contributed by atoms with van der Waals surface area (Å²) in [5.41, 5.74) is 4.30. The minimum Gasteiger partial charge on any atom is -0.297 e. The maximum Gasteiger partial charge on any atom is 0.190 e. The zero-order chi connectivity index (χ0) is 24.0. The first-order valence-electron chi connectivity index (χ1n) is 11.9. The van der Waals surface area contributed by atoms with E-state index in [-0.39, 0.29) is 11.7 Å². The van der Waals surface area contributed by atoms with Crippen LogP contribution in [0.2, 0.25) is 10.0 Å². The van der Waals surface area contributed by atoms with Crippen LogP contribution in [-0.2, 0) is 0 Å². The van der Waals surface area contributed by atoms with Gasteiger partial charge in [0.15, 0.2) is 11.3 Å². The first-order chi connectivity index (χ1) is 16.4. The second kappa shape index (κ2) is 9.30. The van der Waals surface area contributed by atoms with Crippen molar-refractivity contribution < 1.29 is 0 Å². The highest BCUT2D eigenvalue weighted by atomic mass is 35.5. The summed E-state index contributed by atoms with van der Waals surface area (Å²) in [7, 11) is 0. The number of nitriles is 1. The third-order valence-electron chi connectivity index (χ3n) is 7.45. The number of nitrogens with zero attached hydrogens (tertiary/aromatic N) is 6. The molecule has 0 spiro atoms. The fourth-order valence-electron chi connectivity index (χ4n) is 5.56. The molecule has 0 N–H and O–H groups in total. The first-order valence-corrected chi connectivity index (χ1v) is 12.7. The zero-order valence-corrected chi connectivity index (χ0v) is 21.2. The van der Waals surface area contributed by atoms with Gasteiger partial charge in [-0.05, 0) is 75.3 Å². The van der Waals surface area contributed by atoms with Gasteiger partial charge in [0, 0.05) is 22.1 Å². The molecule has 0 saturated carbocycles. The van der Waals surface area contributed by atoms with Gasteiger partial charge in [-0.2, -0.15) is 10.4 Å². The van der Waals surface area contributed by atoms with Gasteiger partial charge in [0.1, 0.15) is 11.6 Å². The van der Waals surface area contributed by atoms with Crippen molar-refractivity contribution in [1.29, 1.82) is 5.26 Å². The van der Waals surface area contributed by atoms with Crippen molar-refractivity contribution in [3.05, 3.63) is 57.5 Å². The molecule has 1 fully saturated rings. The number of benzene rings is 1. The Bertz CT molecular complexity index is 1310. The predicted molar refractivity (Wildman–Crippen MR) is 136 cm³/mol. The maximum absolute atomic E-state index is 9.65. The van der Waals surface area contributed by atoms with Crippen LogP contribution in [0.15, 0.2) is 30.5 Å². The van der Waals surface area contributed by atoms with Gasteiger partial charge in [-0.15, -0.1) is 0 Å². The molecule has 2 aliphatic rings. The van der Waals surface area contributed by atoms with E-state index in [0.717, 1.165) is 24.1 Å². The highest BCUT2D eigenvalue weighted by molar-refractivity contribution is 6.35. The van der Waals surface area contributed by atoms with Crippen molar-refractivity contribution in [2.45, 2.75) is 64.6 Å². The third-order valence-corrected chi connectivity index (χ3v) is 8.01. The second-order valence-electron chi connectivity index (χ2n) is 9.62. The highest BCUT2D eigenvalue weighted by Crippen LogP contribution is 2.36. The molecule has 1 aliphatic heterocycles. The van der Waals surface area contributed by atoms with Crippen molar-refractivity contribution in [3.63, 3.8) is 0 Å². The van der Waals surface area contributed by atoms with Crippen molar-refractivity contribution in [2.75, 3.05) is 6.54 Å². The van der Waals surface area contributed by atoms with Crippen molar-refractivity contribution in [1.82, 2.24) is 24.6 Å². The lowest BCUT2D eigenvalue weighted by molar-refractivity contribution is 0.140. The number of halogens is 2. The highest BCUT2D eigenvalue weighted by Gasteiger charge is 2.33. The van der Waals surface area contributed by atoms with Gasteiger partial charge in [-0.3, -0.25) is 4.90 Å². The summed E-state index contributed by atoms with van der Waals surface area (Å²) in [5.74, 6) is 0.546. The van der Waals surface area contributed by atoms with E-state index in [1.165, 1.54) is 25.0 Å². The van der Waals surface area contributed by atoms with Crippen LogP contribution in [0.25, 0.3) is 16.7 Å². The van der Waals surface area contributed by atoms with Gasteiger partial charge in [0.25, 0.3) is 0 Å². The standard InChI is InChI=1S/C26H28Cl2N6/c1-15-11-18(6-9-24(15)33-10-4-5-16(33)2)23-14-30-25-22(13-29)32-34(26(25)31-23)17(3)20-8-7-19(27)12-21(20)28/h6-8,12,14-17,24H,4-5,9-11H2,1-3H3/t15-,16-,17-,24+/m1/s1. The Morgan fingerprint density at radius 2 is 2.06 bits per heavy atom. The molecule has 6 nitrogen and oxygen atoms in total. The number of hydrogen-bond donors (Lipinski definition) is 0. The first kappa shape index (κ1) is 23.3. The van der Waals surface area contributed by atoms with E-state index in [2.05, 4.69) is 41.0 Å². The van der Waals surface area contributed by atoms with E-state index in [1.807, 2.05) is 13.0 Å². The van der Waals surface area contributed by atoms with E-state index in [4.69, 9.17) is 28.2 Å². The number of hydrogen-bond acceptors (Lipinski definition) is 5. The smallest absolute Gasteiger partial charge is 0.190 e. The molecule has 3 aromatic rings. The van der Waals surface area contributed by atoms with Gasteiger partial charge in [-0.1, -0.05) is 42.3 Å². The number of allylic oxidation sites excluding steroid dienone is 1. The van der Waals surface area contributed by atoms with Crippen LogP contribution in [0, 0.1) is 17.2 Å². The Balaban J connectivity index is 1.51. The average Bonchev–Trinajstić information content (AvgIpc) is 3.41. The van der Waals surface area contributed by atoms with Gasteiger partial charge in [-0.25, -0.2) is 14.6 Å². The van der Waals surface area contributed by atoms with Crippen LogP contribution in [0.3, 0.4) is 0 Å². The molecule has 0 bridgehead atoms. The molecule has 4 atom stereocenters. The molecule has 0 radical (unpaired) electrons. The van der Waals surface area contributed by atoms with Crippen LogP contribution in [0.5, 0.6) is 0 Å². The van der Waals surface area contributed by atoms with Crippen LogP contribution in [0.1, 0.15) is 69.4 Å². The average molecular weight is 495 g/mol. The molecular weight excluding hydrogens is 467 g/mol. The van der Waals surface area contributed by atoms with E-state index in [0.29, 0.717) is 39.2 Å². The molecule has 1 aliphatic carbocycles.